The Kier molecular flexibility index (Phi) is 5.92. The largest absolute Gasteiger partial charge is 0.609 e. The molecule has 0 aliphatic heterocycles. The van der Waals surface area contributed by atoms with Crippen molar-refractivity contribution in [3.05, 3.63) is 12.3 Å². The summed E-state index contributed by atoms with van der Waals surface area (Å²) in [5.41, 5.74) is -0.0510. The number of carbonyl (C=O) groups is 1. The highest BCUT2D eigenvalue weighted by molar-refractivity contribution is 7.90. The summed E-state index contributed by atoms with van der Waals surface area (Å²) in [6, 6.07) is 1.80. The van der Waals surface area contributed by atoms with Crippen LogP contribution in [0.15, 0.2) is 17.4 Å². The number of hydrogen-bond donors (Lipinski definition) is 1. The molecule has 1 amide bonds. The minimum absolute atomic E-state index is 0.0957. The first-order valence-corrected chi connectivity index (χ1v) is 9.78. The number of fused-ring (bicyclic) bond motifs is 1. The van der Waals surface area contributed by atoms with Gasteiger partial charge in [-0.2, -0.15) is 9.97 Å². The van der Waals surface area contributed by atoms with Crippen molar-refractivity contribution in [1.82, 2.24) is 15.0 Å². The predicted molar refractivity (Wildman–Crippen MR) is 103 cm³/mol. The van der Waals surface area contributed by atoms with E-state index in [0.29, 0.717) is 22.5 Å². The van der Waals surface area contributed by atoms with E-state index in [9.17, 15) is 9.35 Å². The zero-order valence-corrected chi connectivity index (χ0v) is 17.0. The van der Waals surface area contributed by atoms with Gasteiger partial charge in [0.15, 0.2) is 5.82 Å². The van der Waals surface area contributed by atoms with Crippen LogP contribution in [-0.4, -0.2) is 50.5 Å². The fourth-order valence-corrected chi connectivity index (χ4v) is 2.54. The molecule has 8 nitrogen and oxygen atoms in total. The van der Waals surface area contributed by atoms with E-state index in [-0.39, 0.29) is 11.2 Å². The van der Waals surface area contributed by atoms with E-state index < -0.39 is 22.9 Å². The molecule has 0 spiro atoms. The van der Waals surface area contributed by atoms with Gasteiger partial charge in [0.2, 0.25) is 0 Å². The van der Waals surface area contributed by atoms with Crippen LogP contribution in [0.4, 0.5) is 16.4 Å². The van der Waals surface area contributed by atoms with Gasteiger partial charge in [0.1, 0.15) is 23.2 Å². The molecule has 2 rings (SSSR count). The van der Waals surface area contributed by atoms with Crippen LogP contribution in [0.1, 0.15) is 34.6 Å². The molecule has 0 aromatic carbocycles. The molecule has 26 heavy (non-hydrogen) atoms. The number of anilines is 2. The van der Waals surface area contributed by atoms with Crippen molar-refractivity contribution in [2.75, 3.05) is 23.5 Å². The van der Waals surface area contributed by atoms with Crippen LogP contribution in [-0.2, 0) is 15.9 Å². The predicted octanol–water partition coefficient (Wildman–Crippen LogP) is 2.95. The highest BCUT2D eigenvalue weighted by Crippen LogP contribution is 2.26. The highest BCUT2D eigenvalue weighted by Gasteiger charge is 2.23. The standard InChI is InChI=1S/C17H25N5O3S/c1-10(2)19-14-13-11(9-18-15(21-13)26(7)24)8-12(20-14)22(6)16(23)25-17(3,4)5/h8-10H,1-7H3,(H,19,20). The third kappa shape index (κ3) is 4.95. The number of rotatable bonds is 4. The van der Waals surface area contributed by atoms with Gasteiger partial charge in [-0.3, -0.25) is 4.90 Å². The van der Waals surface area contributed by atoms with Crippen molar-refractivity contribution < 1.29 is 14.1 Å². The van der Waals surface area contributed by atoms with E-state index in [1.807, 2.05) is 13.8 Å². The van der Waals surface area contributed by atoms with Crippen LogP contribution in [0, 0.1) is 0 Å². The van der Waals surface area contributed by atoms with Crippen molar-refractivity contribution >= 4 is 39.8 Å². The molecule has 0 fully saturated rings. The van der Waals surface area contributed by atoms with Crippen LogP contribution < -0.4 is 10.2 Å². The molecule has 2 aromatic heterocycles. The van der Waals surface area contributed by atoms with E-state index in [2.05, 4.69) is 20.3 Å². The third-order valence-corrected chi connectivity index (χ3v) is 3.93. The molecule has 0 aliphatic rings. The van der Waals surface area contributed by atoms with Gasteiger partial charge in [-0.25, -0.2) is 9.78 Å². The molecular formula is C17H25N5O3S. The topological polar surface area (TPSA) is 103 Å². The maximum Gasteiger partial charge on any atom is 0.415 e. The molecule has 1 atom stereocenters. The fourth-order valence-electron chi connectivity index (χ4n) is 2.12. The molecule has 0 radical (unpaired) electrons. The molecule has 0 saturated carbocycles. The minimum atomic E-state index is -1.30. The first kappa shape index (κ1) is 20.2. The Hall–Kier alpha value is -2.13. The Morgan fingerprint density at radius 1 is 1.35 bits per heavy atom. The lowest BCUT2D eigenvalue weighted by Gasteiger charge is -2.24. The van der Waals surface area contributed by atoms with Gasteiger partial charge in [-0.15, -0.1) is 0 Å². The lowest BCUT2D eigenvalue weighted by molar-refractivity contribution is 0.0588. The van der Waals surface area contributed by atoms with Gasteiger partial charge < -0.3 is 14.6 Å². The fraction of sp³-hybridized carbons (Fsp3) is 0.529. The molecule has 1 N–H and O–H groups in total. The smallest absolute Gasteiger partial charge is 0.415 e. The first-order chi connectivity index (χ1) is 12.0. The average molecular weight is 379 g/mol. The number of carbonyl (C=O) groups excluding carboxylic acids is 1. The highest BCUT2D eigenvalue weighted by atomic mass is 32.2. The van der Waals surface area contributed by atoms with Crippen molar-refractivity contribution in [3.8, 4) is 0 Å². The normalized spacial score (nSPS) is 13.0. The summed E-state index contributed by atoms with van der Waals surface area (Å²) in [4.78, 5) is 26.7. The Balaban J connectivity index is 2.51. The maximum absolute atomic E-state index is 12.3. The second-order valence-electron chi connectivity index (χ2n) is 7.21. The van der Waals surface area contributed by atoms with E-state index in [1.165, 1.54) is 11.2 Å². The van der Waals surface area contributed by atoms with Crippen LogP contribution >= 0.6 is 0 Å². The van der Waals surface area contributed by atoms with Crippen molar-refractivity contribution in [2.45, 2.75) is 51.4 Å². The summed E-state index contributed by atoms with van der Waals surface area (Å²) in [7, 11) is 1.59. The van der Waals surface area contributed by atoms with Gasteiger partial charge in [0.05, 0.1) is 0 Å². The SMILES string of the molecule is CC(C)Nc1nc(N(C)C(=O)OC(C)(C)C)cc2cnc([S+](C)[O-])nc12. The van der Waals surface area contributed by atoms with Crippen molar-refractivity contribution in [3.63, 3.8) is 0 Å². The number of amides is 1. The quantitative estimate of drug-likeness (QED) is 0.643. The summed E-state index contributed by atoms with van der Waals surface area (Å²) in [5, 5.41) is 4.14. The zero-order chi connectivity index (χ0) is 19.6. The Labute approximate surface area is 156 Å². The summed E-state index contributed by atoms with van der Waals surface area (Å²) in [6.07, 6.45) is 2.60. The molecule has 2 aromatic rings. The maximum atomic E-state index is 12.3. The number of nitrogens with one attached hydrogen (secondary N) is 1. The monoisotopic (exact) mass is 379 g/mol. The summed E-state index contributed by atoms with van der Waals surface area (Å²) in [6.45, 7) is 9.35. The lowest BCUT2D eigenvalue weighted by Crippen LogP contribution is -2.34. The Bertz CT molecular complexity index is 805. The number of ether oxygens (including phenoxy) is 1. The Morgan fingerprint density at radius 3 is 2.54 bits per heavy atom. The van der Waals surface area contributed by atoms with E-state index in [0.717, 1.165) is 0 Å². The van der Waals surface area contributed by atoms with Gasteiger partial charge in [-0.05, 0) is 40.7 Å². The van der Waals surface area contributed by atoms with Gasteiger partial charge >= 0.3 is 11.2 Å². The van der Waals surface area contributed by atoms with Gasteiger partial charge in [0.25, 0.3) is 0 Å². The summed E-state index contributed by atoms with van der Waals surface area (Å²) < 4.78 is 17.1. The zero-order valence-electron chi connectivity index (χ0n) is 16.2. The molecule has 1 unspecified atom stereocenters. The number of aromatic nitrogens is 3. The van der Waals surface area contributed by atoms with Crippen LogP contribution in [0.25, 0.3) is 10.9 Å². The molecule has 142 valence electrons. The van der Waals surface area contributed by atoms with Crippen LogP contribution in [0.5, 0.6) is 0 Å². The lowest BCUT2D eigenvalue weighted by atomic mass is 10.2. The second-order valence-corrected chi connectivity index (χ2v) is 8.49. The average Bonchev–Trinajstić information content (AvgIpc) is 2.51. The molecule has 2 heterocycles. The third-order valence-electron chi connectivity index (χ3n) is 3.22. The molecular weight excluding hydrogens is 354 g/mol. The number of pyridine rings is 1. The van der Waals surface area contributed by atoms with E-state index >= 15 is 0 Å². The second kappa shape index (κ2) is 7.63. The van der Waals surface area contributed by atoms with Crippen molar-refractivity contribution in [1.29, 1.82) is 0 Å². The van der Waals surface area contributed by atoms with Gasteiger partial charge in [-0.1, -0.05) is 0 Å². The molecule has 0 saturated heterocycles. The Morgan fingerprint density at radius 2 is 2.00 bits per heavy atom. The van der Waals surface area contributed by atoms with E-state index in [4.69, 9.17) is 4.74 Å². The van der Waals surface area contributed by atoms with Crippen molar-refractivity contribution in [2.24, 2.45) is 0 Å². The number of nitrogens with zero attached hydrogens (tertiary/aromatic N) is 4. The van der Waals surface area contributed by atoms with Crippen LogP contribution in [0.2, 0.25) is 0 Å². The van der Waals surface area contributed by atoms with E-state index in [1.54, 1.807) is 40.1 Å². The minimum Gasteiger partial charge on any atom is -0.609 e. The molecule has 0 bridgehead atoms. The first-order valence-electron chi connectivity index (χ1n) is 8.22. The summed E-state index contributed by atoms with van der Waals surface area (Å²) in [5.74, 6) is 0.904. The van der Waals surface area contributed by atoms with Crippen LogP contribution in [0.3, 0.4) is 0 Å². The van der Waals surface area contributed by atoms with Gasteiger partial charge in [0, 0.05) is 35.8 Å². The molecule has 0 aliphatic carbocycles. The summed E-state index contributed by atoms with van der Waals surface area (Å²) >= 11 is -1.30. The number of hydrogen-bond acceptors (Lipinski definition) is 7. The molecule has 9 heteroatoms.